The third-order valence-electron chi connectivity index (χ3n) is 2.27. The minimum Gasteiger partial charge on any atom is -0.307 e. The van der Waals surface area contributed by atoms with Gasteiger partial charge in [-0.15, -0.1) is 6.58 Å². The lowest BCUT2D eigenvalue weighted by Gasteiger charge is -2.21. The van der Waals surface area contributed by atoms with Crippen molar-refractivity contribution in [1.82, 2.24) is 9.97 Å². The molecule has 0 radical (unpaired) electrons. The highest BCUT2D eigenvalue weighted by Crippen LogP contribution is 2.24. The number of halogens is 2. The topological polar surface area (TPSA) is 29.0 Å². The van der Waals surface area contributed by atoms with E-state index in [4.69, 9.17) is 0 Å². The Balaban J connectivity index is 2.42. The van der Waals surface area contributed by atoms with E-state index in [1.165, 1.54) is 0 Å². The molecule has 0 atom stereocenters. The number of pyridine rings is 2. The summed E-state index contributed by atoms with van der Waals surface area (Å²) in [5.41, 5.74) is 0. The van der Waals surface area contributed by atoms with Crippen LogP contribution < -0.4 is 4.90 Å². The third kappa shape index (κ3) is 3.17. The number of hydrogen-bond acceptors (Lipinski definition) is 3. The monoisotopic (exact) mass is 367 g/mol. The first-order valence-corrected chi connectivity index (χ1v) is 6.93. The zero-order chi connectivity index (χ0) is 13.0. The molecule has 0 spiro atoms. The fraction of sp³-hybridized carbons (Fsp3) is 0.0769. The maximum Gasteiger partial charge on any atom is 0.135 e. The molecule has 2 rings (SSSR count). The lowest BCUT2D eigenvalue weighted by Crippen LogP contribution is -2.19. The van der Waals surface area contributed by atoms with Crippen LogP contribution in [0.25, 0.3) is 0 Å². The van der Waals surface area contributed by atoms with Gasteiger partial charge in [0.05, 0.1) is 0 Å². The maximum atomic E-state index is 4.44. The third-order valence-corrected chi connectivity index (χ3v) is 3.15. The lowest BCUT2D eigenvalue weighted by molar-refractivity contribution is 1.000. The molecule has 0 N–H and O–H groups in total. The van der Waals surface area contributed by atoms with Crippen molar-refractivity contribution in [2.24, 2.45) is 0 Å². The van der Waals surface area contributed by atoms with Crippen molar-refractivity contribution in [3.63, 3.8) is 0 Å². The van der Waals surface area contributed by atoms with Crippen LogP contribution in [0.1, 0.15) is 0 Å². The molecule has 3 nitrogen and oxygen atoms in total. The second-order valence-corrected chi connectivity index (χ2v) is 5.16. The molecule has 0 aromatic carbocycles. The van der Waals surface area contributed by atoms with Gasteiger partial charge in [-0.1, -0.05) is 18.2 Å². The predicted octanol–water partition coefficient (Wildman–Crippen LogP) is 4.33. The van der Waals surface area contributed by atoms with Gasteiger partial charge in [0.2, 0.25) is 0 Å². The molecule has 0 bridgehead atoms. The zero-order valence-electron chi connectivity index (χ0n) is 9.55. The van der Waals surface area contributed by atoms with Gasteiger partial charge in [-0.05, 0) is 56.1 Å². The molecular formula is C13H11Br2N3. The van der Waals surface area contributed by atoms with Crippen LogP contribution in [-0.4, -0.2) is 16.5 Å². The Morgan fingerprint density at radius 1 is 1.00 bits per heavy atom. The van der Waals surface area contributed by atoms with E-state index in [1.807, 2.05) is 47.4 Å². The maximum absolute atomic E-state index is 4.44. The average molecular weight is 369 g/mol. The molecule has 92 valence electrons. The van der Waals surface area contributed by atoms with E-state index >= 15 is 0 Å². The summed E-state index contributed by atoms with van der Waals surface area (Å²) >= 11 is 6.75. The second kappa shape index (κ2) is 6.11. The highest BCUT2D eigenvalue weighted by Gasteiger charge is 2.10. The Labute approximate surface area is 123 Å². The van der Waals surface area contributed by atoms with Crippen LogP contribution in [0.2, 0.25) is 0 Å². The molecule has 0 aliphatic carbocycles. The minimum atomic E-state index is 0.646. The van der Waals surface area contributed by atoms with Crippen molar-refractivity contribution in [3.05, 3.63) is 58.3 Å². The summed E-state index contributed by atoms with van der Waals surface area (Å²) in [6, 6.07) is 11.6. The lowest BCUT2D eigenvalue weighted by atomic mass is 10.3. The van der Waals surface area contributed by atoms with Crippen LogP contribution in [0.4, 0.5) is 11.6 Å². The van der Waals surface area contributed by atoms with Gasteiger partial charge in [-0.3, -0.25) is 0 Å². The number of anilines is 2. The van der Waals surface area contributed by atoms with Crippen molar-refractivity contribution in [2.45, 2.75) is 0 Å². The molecule has 18 heavy (non-hydrogen) atoms. The quantitative estimate of drug-likeness (QED) is 0.594. The van der Waals surface area contributed by atoms with Gasteiger partial charge in [0.15, 0.2) is 0 Å². The van der Waals surface area contributed by atoms with Gasteiger partial charge in [0, 0.05) is 6.54 Å². The summed E-state index contributed by atoms with van der Waals surface area (Å²) < 4.78 is 1.59. The standard InChI is InChI=1S/C13H11Br2N3/c1-2-9-18(12-7-3-5-10(14)16-12)13-8-4-6-11(15)17-13/h2-8H,1,9H2. The van der Waals surface area contributed by atoms with E-state index in [0.717, 1.165) is 20.8 Å². The second-order valence-electron chi connectivity index (χ2n) is 3.54. The van der Waals surface area contributed by atoms with Crippen molar-refractivity contribution >= 4 is 43.5 Å². The Morgan fingerprint density at radius 2 is 1.50 bits per heavy atom. The fourth-order valence-corrected chi connectivity index (χ4v) is 2.20. The van der Waals surface area contributed by atoms with Crippen molar-refractivity contribution in [3.8, 4) is 0 Å². The van der Waals surface area contributed by atoms with Gasteiger partial charge >= 0.3 is 0 Å². The molecule has 0 fully saturated rings. The summed E-state index contributed by atoms with van der Waals surface area (Å²) in [6.45, 7) is 4.42. The Bertz CT molecular complexity index is 512. The Kier molecular flexibility index (Phi) is 4.49. The van der Waals surface area contributed by atoms with Crippen LogP contribution in [-0.2, 0) is 0 Å². The number of rotatable bonds is 4. The van der Waals surface area contributed by atoms with Crippen molar-refractivity contribution < 1.29 is 0 Å². The van der Waals surface area contributed by atoms with Gasteiger partial charge in [0.25, 0.3) is 0 Å². The van der Waals surface area contributed by atoms with Crippen LogP contribution in [0, 0.1) is 0 Å². The van der Waals surface area contributed by atoms with Gasteiger partial charge in [0.1, 0.15) is 20.8 Å². The SMILES string of the molecule is C=CCN(c1cccc(Br)n1)c1cccc(Br)n1. The van der Waals surface area contributed by atoms with Crippen molar-refractivity contribution in [1.29, 1.82) is 0 Å². The largest absolute Gasteiger partial charge is 0.307 e. The highest BCUT2D eigenvalue weighted by molar-refractivity contribution is 9.10. The molecule has 0 saturated heterocycles. The Morgan fingerprint density at radius 3 is 1.89 bits per heavy atom. The molecule has 0 unspecified atom stereocenters. The van der Waals surface area contributed by atoms with Crippen LogP contribution in [0.3, 0.4) is 0 Å². The van der Waals surface area contributed by atoms with E-state index in [-0.39, 0.29) is 0 Å². The van der Waals surface area contributed by atoms with E-state index in [0.29, 0.717) is 6.54 Å². The van der Waals surface area contributed by atoms with Crippen molar-refractivity contribution in [2.75, 3.05) is 11.4 Å². The number of hydrogen-bond donors (Lipinski definition) is 0. The molecule has 0 aliphatic rings. The van der Waals surface area contributed by atoms with E-state index < -0.39 is 0 Å². The van der Waals surface area contributed by atoms with Gasteiger partial charge in [-0.2, -0.15) is 0 Å². The van der Waals surface area contributed by atoms with Gasteiger partial charge in [-0.25, -0.2) is 9.97 Å². The molecule has 5 heteroatoms. The molecule has 2 aromatic heterocycles. The smallest absolute Gasteiger partial charge is 0.135 e. The molecular weight excluding hydrogens is 358 g/mol. The predicted molar refractivity (Wildman–Crippen MR) is 81.1 cm³/mol. The zero-order valence-corrected chi connectivity index (χ0v) is 12.7. The first-order chi connectivity index (χ1) is 8.70. The molecule has 0 aliphatic heterocycles. The Hall–Kier alpha value is -1.20. The highest BCUT2D eigenvalue weighted by atomic mass is 79.9. The molecule has 0 amide bonds. The number of nitrogens with zero attached hydrogens (tertiary/aromatic N) is 3. The van der Waals surface area contributed by atoms with E-state index in [9.17, 15) is 0 Å². The van der Waals surface area contributed by atoms with Crippen LogP contribution >= 0.6 is 31.9 Å². The summed E-state index contributed by atoms with van der Waals surface area (Å²) in [5, 5.41) is 0. The summed E-state index contributed by atoms with van der Waals surface area (Å²) in [5.74, 6) is 1.66. The summed E-state index contributed by atoms with van der Waals surface area (Å²) in [4.78, 5) is 10.9. The van der Waals surface area contributed by atoms with Crippen LogP contribution in [0.15, 0.2) is 58.3 Å². The van der Waals surface area contributed by atoms with Gasteiger partial charge < -0.3 is 4.90 Å². The summed E-state index contributed by atoms with van der Waals surface area (Å²) in [7, 11) is 0. The first-order valence-electron chi connectivity index (χ1n) is 5.34. The average Bonchev–Trinajstić information content (AvgIpc) is 2.36. The van der Waals surface area contributed by atoms with E-state index in [1.54, 1.807) is 0 Å². The first kappa shape index (κ1) is 13.2. The fourth-order valence-electron chi connectivity index (χ4n) is 1.53. The number of aromatic nitrogens is 2. The molecule has 0 saturated carbocycles. The molecule has 2 aromatic rings. The summed E-state index contributed by atoms with van der Waals surface area (Å²) in [6.07, 6.45) is 1.82. The minimum absolute atomic E-state index is 0.646. The normalized spacial score (nSPS) is 10.1. The van der Waals surface area contributed by atoms with E-state index in [2.05, 4.69) is 48.4 Å². The van der Waals surface area contributed by atoms with Crippen LogP contribution in [0.5, 0.6) is 0 Å². The molecule has 2 heterocycles.